The van der Waals surface area contributed by atoms with Crippen LogP contribution in [0.2, 0.25) is 5.02 Å². The Morgan fingerprint density at radius 3 is 2.84 bits per heavy atom. The number of hydrogen-bond acceptors (Lipinski definition) is 3. The summed E-state index contributed by atoms with van der Waals surface area (Å²) < 4.78 is 38.9. The van der Waals surface area contributed by atoms with Crippen molar-refractivity contribution in [1.82, 2.24) is 4.31 Å². The van der Waals surface area contributed by atoms with Crippen LogP contribution in [0.25, 0.3) is 0 Å². The molecule has 1 saturated carbocycles. The molecule has 1 spiro atoms. The minimum Gasteiger partial charge on any atom is -0.330 e. The van der Waals surface area contributed by atoms with Gasteiger partial charge in [-0.3, -0.25) is 0 Å². The number of nitrogens with zero attached hydrogens (tertiary/aromatic N) is 1. The number of benzene rings is 1. The molecule has 104 valence electrons. The highest BCUT2D eigenvalue weighted by Crippen LogP contribution is 2.61. The number of halogens is 2. The fourth-order valence-corrected chi connectivity index (χ4v) is 5.51. The molecule has 19 heavy (non-hydrogen) atoms. The maximum Gasteiger partial charge on any atom is 0.224 e. The molecule has 2 aliphatic rings. The van der Waals surface area contributed by atoms with Crippen molar-refractivity contribution in [3.8, 4) is 0 Å². The Hall–Kier alpha value is -0.690. The summed E-state index contributed by atoms with van der Waals surface area (Å²) in [5, 5.41) is -0.0412. The first-order valence-corrected chi connectivity index (χ1v) is 7.80. The van der Waals surface area contributed by atoms with Crippen LogP contribution in [-0.2, 0) is 21.3 Å². The van der Waals surface area contributed by atoms with Crippen molar-refractivity contribution in [2.45, 2.75) is 17.7 Å². The third kappa shape index (κ3) is 1.54. The van der Waals surface area contributed by atoms with Gasteiger partial charge in [-0.2, -0.15) is 4.31 Å². The molecule has 2 unspecified atom stereocenters. The molecule has 0 amide bonds. The van der Waals surface area contributed by atoms with E-state index in [2.05, 4.69) is 0 Å². The van der Waals surface area contributed by atoms with E-state index in [0.29, 0.717) is 24.1 Å². The van der Waals surface area contributed by atoms with E-state index in [1.54, 1.807) is 0 Å². The number of sulfonamides is 1. The van der Waals surface area contributed by atoms with Gasteiger partial charge >= 0.3 is 0 Å². The molecule has 0 bridgehead atoms. The Kier molecular flexibility index (Phi) is 2.74. The van der Waals surface area contributed by atoms with Crippen LogP contribution in [0, 0.1) is 11.7 Å². The highest BCUT2D eigenvalue weighted by molar-refractivity contribution is 7.90. The van der Waals surface area contributed by atoms with Gasteiger partial charge in [-0.1, -0.05) is 11.6 Å². The number of hydrogen-bond donors (Lipinski definition) is 1. The number of rotatable bonds is 1. The van der Waals surface area contributed by atoms with Gasteiger partial charge in [0.25, 0.3) is 0 Å². The third-order valence-corrected chi connectivity index (χ3v) is 7.08. The summed E-state index contributed by atoms with van der Waals surface area (Å²) >= 11 is 5.81. The first-order chi connectivity index (χ1) is 8.84. The van der Waals surface area contributed by atoms with E-state index in [1.165, 1.54) is 23.5 Å². The maximum atomic E-state index is 13.6. The van der Waals surface area contributed by atoms with Crippen LogP contribution in [0.1, 0.15) is 17.5 Å². The first kappa shape index (κ1) is 13.3. The number of nitrogens with two attached hydrogens (primary N) is 1. The van der Waals surface area contributed by atoms with Crippen molar-refractivity contribution >= 4 is 21.6 Å². The Bertz CT molecular complexity index is 664. The second-order valence-electron chi connectivity index (χ2n) is 5.21. The Morgan fingerprint density at radius 1 is 1.58 bits per heavy atom. The largest absolute Gasteiger partial charge is 0.330 e. The van der Waals surface area contributed by atoms with E-state index in [-0.39, 0.29) is 17.5 Å². The third-order valence-electron chi connectivity index (χ3n) is 4.20. The molecule has 0 radical (unpaired) electrons. The van der Waals surface area contributed by atoms with Crippen LogP contribution in [0.15, 0.2) is 12.1 Å². The summed E-state index contributed by atoms with van der Waals surface area (Å²) in [7, 11) is -1.95. The fourth-order valence-electron chi connectivity index (χ4n) is 3.08. The van der Waals surface area contributed by atoms with Crippen LogP contribution >= 0.6 is 11.6 Å². The molecular formula is C12H14ClFN2O2S. The molecule has 2 atom stereocenters. The van der Waals surface area contributed by atoms with E-state index < -0.39 is 20.6 Å². The minimum atomic E-state index is -3.46. The molecular weight excluding hydrogens is 291 g/mol. The van der Waals surface area contributed by atoms with Crippen LogP contribution < -0.4 is 5.73 Å². The van der Waals surface area contributed by atoms with Crippen molar-refractivity contribution in [3.05, 3.63) is 34.1 Å². The second kappa shape index (κ2) is 3.91. The SMILES string of the molecule is CN1Cc2cc(F)c(Cl)cc2C2(CC2CN)S1(=O)=O. The second-order valence-corrected chi connectivity index (χ2v) is 7.92. The van der Waals surface area contributed by atoms with Gasteiger partial charge in [0.15, 0.2) is 0 Å². The van der Waals surface area contributed by atoms with Crippen LogP contribution in [0.3, 0.4) is 0 Å². The Morgan fingerprint density at radius 2 is 2.26 bits per heavy atom. The summed E-state index contributed by atoms with van der Waals surface area (Å²) in [4.78, 5) is 0. The summed E-state index contributed by atoms with van der Waals surface area (Å²) in [5.74, 6) is -0.645. The van der Waals surface area contributed by atoms with Crippen LogP contribution in [0.4, 0.5) is 4.39 Å². The van der Waals surface area contributed by atoms with Gasteiger partial charge < -0.3 is 5.73 Å². The lowest BCUT2D eigenvalue weighted by molar-refractivity contribution is 0.430. The van der Waals surface area contributed by atoms with Crippen molar-refractivity contribution in [2.24, 2.45) is 11.7 Å². The van der Waals surface area contributed by atoms with Gasteiger partial charge in [0.05, 0.1) is 5.02 Å². The lowest BCUT2D eigenvalue weighted by Gasteiger charge is -2.33. The molecule has 2 N–H and O–H groups in total. The molecule has 1 aromatic rings. The topological polar surface area (TPSA) is 63.4 Å². The summed E-state index contributed by atoms with van der Waals surface area (Å²) in [5.41, 5.74) is 6.94. The predicted molar refractivity (Wildman–Crippen MR) is 70.6 cm³/mol. The van der Waals surface area contributed by atoms with E-state index in [1.807, 2.05) is 0 Å². The van der Waals surface area contributed by atoms with Gasteiger partial charge in [-0.25, -0.2) is 12.8 Å². The molecule has 1 fully saturated rings. The summed E-state index contributed by atoms with van der Waals surface area (Å²) in [6.07, 6.45) is 0.477. The molecule has 1 aliphatic carbocycles. The smallest absolute Gasteiger partial charge is 0.224 e. The van der Waals surface area contributed by atoms with E-state index >= 15 is 0 Å². The van der Waals surface area contributed by atoms with E-state index in [9.17, 15) is 12.8 Å². The molecule has 0 saturated heterocycles. The van der Waals surface area contributed by atoms with Gasteiger partial charge in [0.2, 0.25) is 10.0 Å². The van der Waals surface area contributed by atoms with Gasteiger partial charge in [-0.15, -0.1) is 0 Å². The normalized spacial score (nSPS) is 32.3. The van der Waals surface area contributed by atoms with E-state index in [0.717, 1.165) is 0 Å². The zero-order chi connectivity index (χ0) is 14.0. The molecule has 0 aromatic heterocycles. The standard InChI is InChI=1S/C12H14ClFN2O2S/c1-16-6-7-2-11(14)10(13)3-9(7)12(19(16,17)18)4-8(12)5-15/h2-3,8H,4-6,15H2,1H3. The highest BCUT2D eigenvalue weighted by atomic mass is 35.5. The number of fused-ring (bicyclic) bond motifs is 2. The predicted octanol–water partition coefficient (Wildman–Crippen LogP) is 1.43. The lowest BCUT2D eigenvalue weighted by Crippen LogP contribution is -2.42. The Labute approximate surface area is 116 Å². The molecule has 7 heteroatoms. The molecule has 1 heterocycles. The van der Waals surface area contributed by atoms with Crippen LogP contribution in [0.5, 0.6) is 0 Å². The zero-order valence-corrected chi connectivity index (χ0v) is 11.9. The Balaban J connectivity index is 2.27. The molecule has 4 nitrogen and oxygen atoms in total. The summed E-state index contributed by atoms with van der Waals surface area (Å²) in [6.45, 7) is 0.465. The highest BCUT2D eigenvalue weighted by Gasteiger charge is 2.67. The maximum absolute atomic E-state index is 13.6. The lowest BCUT2D eigenvalue weighted by atomic mass is 10.0. The average Bonchev–Trinajstić information content (AvgIpc) is 3.07. The fraction of sp³-hybridized carbons (Fsp3) is 0.500. The molecule has 1 aliphatic heterocycles. The van der Waals surface area contributed by atoms with Gasteiger partial charge in [0.1, 0.15) is 10.6 Å². The average molecular weight is 305 g/mol. The van der Waals surface area contributed by atoms with Crippen molar-refractivity contribution in [1.29, 1.82) is 0 Å². The summed E-state index contributed by atoms with van der Waals surface area (Å²) in [6, 6.07) is 2.78. The molecule has 1 aromatic carbocycles. The van der Waals surface area contributed by atoms with Crippen molar-refractivity contribution in [2.75, 3.05) is 13.6 Å². The van der Waals surface area contributed by atoms with Gasteiger partial charge in [-0.05, 0) is 42.1 Å². The monoisotopic (exact) mass is 304 g/mol. The van der Waals surface area contributed by atoms with E-state index in [4.69, 9.17) is 17.3 Å². The molecule has 3 rings (SSSR count). The van der Waals surface area contributed by atoms with Crippen LogP contribution in [-0.4, -0.2) is 26.3 Å². The van der Waals surface area contributed by atoms with Gasteiger partial charge in [0, 0.05) is 13.6 Å². The zero-order valence-electron chi connectivity index (χ0n) is 10.4. The first-order valence-electron chi connectivity index (χ1n) is 5.99. The van der Waals surface area contributed by atoms with Crippen molar-refractivity contribution < 1.29 is 12.8 Å². The van der Waals surface area contributed by atoms with Crippen molar-refractivity contribution in [3.63, 3.8) is 0 Å². The quantitative estimate of drug-likeness (QED) is 0.853. The minimum absolute atomic E-state index is 0.0412.